The second kappa shape index (κ2) is 6.86. The Kier molecular flexibility index (Phi) is 5.77. The van der Waals surface area contributed by atoms with Crippen LogP contribution in [0.2, 0.25) is 0 Å². The lowest BCUT2D eigenvalue weighted by Gasteiger charge is -2.20. The fraction of sp³-hybridized carbons (Fsp3) is 0.917. The van der Waals surface area contributed by atoms with Gasteiger partial charge >= 0.3 is 0 Å². The highest BCUT2D eigenvalue weighted by Gasteiger charge is 2.27. The van der Waals surface area contributed by atoms with Crippen molar-refractivity contribution in [2.45, 2.75) is 51.6 Å². The molecule has 0 saturated heterocycles. The molecule has 0 radical (unpaired) electrons. The summed E-state index contributed by atoms with van der Waals surface area (Å²) in [6.45, 7) is 6.95. The van der Waals surface area contributed by atoms with Crippen LogP contribution < -0.4 is 11.1 Å². The van der Waals surface area contributed by atoms with E-state index in [0.717, 1.165) is 38.5 Å². The van der Waals surface area contributed by atoms with Gasteiger partial charge in [-0.15, -0.1) is 0 Å². The topological polar surface area (TPSA) is 58.4 Å². The standard InChI is InChI=1S/C12H25N3O/c1-3-5-11(13)12(16)14-8-9-15(4-2)10-6-7-10/h10-11H,3-9,13H2,1-2H3,(H,14,16)/t11-/m0/s1. The van der Waals surface area contributed by atoms with Crippen molar-refractivity contribution in [2.75, 3.05) is 19.6 Å². The molecule has 16 heavy (non-hydrogen) atoms. The van der Waals surface area contributed by atoms with Gasteiger partial charge in [0.2, 0.25) is 5.91 Å². The molecule has 1 amide bonds. The molecule has 0 aliphatic heterocycles. The van der Waals surface area contributed by atoms with E-state index >= 15 is 0 Å². The first-order valence-electron chi connectivity index (χ1n) is 6.46. The number of amides is 1. The second-order valence-corrected chi connectivity index (χ2v) is 4.55. The number of carbonyl (C=O) groups is 1. The molecular formula is C12H25N3O. The molecule has 1 saturated carbocycles. The van der Waals surface area contributed by atoms with Gasteiger partial charge in [-0.2, -0.15) is 0 Å². The van der Waals surface area contributed by atoms with Crippen molar-refractivity contribution >= 4 is 5.91 Å². The van der Waals surface area contributed by atoms with E-state index in [4.69, 9.17) is 5.73 Å². The molecule has 0 spiro atoms. The quantitative estimate of drug-likeness (QED) is 0.642. The van der Waals surface area contributed by atoms with Gasteiger partial charge in [-0.1, -0.05) is 20.3 Å². The fourth-order valence-electron chi connectivity index (χ4n) is 1.93. The molecule has 1 aliphatic rings. The van der Waals surface area contributed by atoms with Crippen LogP contribution >= 0.6 is 0 Å². The zero-order chi connectivity index (χ0) is 12.0. The number of nitrogens with one attached hydrogen (secondary N) is 1. The van der Waals surface area contributed by atoms with Gasteiger partial charge in [-0.25, -0.2) is 0 Å². The molecule has 1 atom stereocenters. The van der Waals surface area contributed by atoms with E-state index in [1.165, 1.54) is 12.8 Å². The second-order valence-electron chi connectivity index (χ2n) is 4.55. The third kappa shape index (κ3) is 4.49. The Morgan fingerprint density at radius 3 is 2.69 bits per heavy atom. The van der Waals surface area contributed by atoms with Crippen LogP contribution in [0.25, 0.3) is 0 Å². The third-order valence-corrected chi connectivity index (χ3v) is 3.10. The lowest BCUT2D eigenvalue weighted by molar-refractivity contribution is -0.122. The Balaban J connectivity index is 2.11. The van der Waals surface area contributed by atoms with Crippen molar-refractivity contribution in [1.82, 2.24) is 10.2 Å². The molecule has 0 aromatic rings. The number of hydrogen-bond donors (Lipinski definition) is 2. The molecule has 0 aromatic heterocycles. The number of likely N-dealkylation sites (N-methyl/N-ethyl adjacent to an activating group) is 1. The summed E-state index contributed by atoms with van der Waals surface area (Å²) >= 11 is 0. The fourth-order valence-corrected chi connectivity index (χ4v) is 1.93. The smallest absolute Gasteiger partial charge is 0.236 e. The summed E-state index contributed by atoms with van der Waals surface area (Å²) in [5, 5.41) is 2.91. The summed E-state index contributed by atoms with van der Waals surface area (Å²) in [6, 6.07) is 0.437. The minimum Gasteiger partial charge on any atom is -0.353 e. The van der Waals surface area contributed by atoms with Crippen LogP contribution in [0.3, 0.4) is 0 Å². The van der Waals surface area contributed by atoms with Gasteiger partial charge in [0.25, 0.3) is 0 Å². The molecule has 1 fully saturated rings. The Morgan fingerprint density at radius 1 is 1.50 bits per heavy atom. The van der Waals surface area contributed by atoms with Gasteiger partial charge in [-0.05, 0) is 25.8 Å². The number of carbonyl (C=O) groups excluding carboxylic acids is 1. The number of nitrogens with zero attached hydrogens (tertiary/aromatic N) is 1. The van der Waals surface area contributed by atoms with E-state index in [1.54, 1.807) is 0 Å². The monoisotopic (exact) mass is 227 g/mol. The number of hydrogen-bond acceptors (Lipinski definition) is 3. The molecule has 0 bridgehead atoms. The molecule has 94 valence electrons. The summed E-state index contributed by atoms with van der Waals surface area (Å²) in [5.41, 5.74) is 5.72. The first kappa shape index (κ1) is 13.5. The van der Waals surface area contributed by atoms with Gasteiger partial charge in [-0.3, -0.25) is 9.69 Å². The van der Waals surface area contributed by atoms with Crippen LogP contribution in [0.1, 0.15) is 39.5 Å². The minimum absolute atomic E-state index is 0.00583. The summed E-state index contributed by atoms with van der Waals surface area (Å²) in [5.74, 6) is -0.00583. The molecule has 4 nitrogen and oxygen atoms in total. The Bertz CT molecular complexity index is 216. The Hall–Kier alpha value is -0.610. The molecule has 1 rings (SSSR count). The van der Waals surface area contributed by atoms with Gasteiger partial charge in [0.15, 0.2) is 0 Å². The summed E-state index contributed by atoms with van der Waals surface area (Å²) < 4.78 is 0. The predicted molar refractivity (Wildman–Crippen MR) is 66.2 cm³/mol. The number of nitrogens with two attached hydrogens (primary N) is 1. The average Bonchev–Trinajstić information content (AvgIpc) is 3.08. The molecule has 0 heterocycles. The number of rotatable bonds is 8. The molecule has 0 aromatic carbocycles. The van der Waals surface area contributed by atoms with Crippen molar-refractivity contribution in [3.8, 4) is 0 Å². The van der Waals surface area contributed by atoms with Crippen LogP contribution in [-0.2, 0) is 4.79 Å². The van der Waals surface area contributed by atoms with Crippen molar-refractivity contribution in [3.05, 3.63) is 0 Å². The predicted octanol–water partition coefficient (Wildman–Crippen LogP) is 0.714. The SMILES string of the molecule is CCC[C@H](N)C(=O)NCCN(CC)C1CC1. The maximum absolute atomic E-state index is 11.5. The van der Waals surface area contributed by atoms with Crippen LogP contribution in [-0.4, -0.2) is 42.5 Å². The first-order valence-corrected chi connectivity index (χ1v) is 6.46. The molecule has 1 aliphatic carbocycles. The van der Waals surface area contributed by atoms with E-state index in [0.29, 0.717) is 0 Å². The van der Waals surface area contributed by atoms with E-state index in [1.807, 2.05) is 6.92 Å². The minimum atomic E-state index is -0.332. The van der Waals surface area contributed by atoms with Gasteiger partial charge in [0.1, 0.15) is 0 Å². The normalized spacial score (nSPS) is 17.5. The summed E-state index contributed by atoms with van der Waals surface area (Å²) in [6.07, 6.45) is 4.36. The van der Waals surface area contributed by atoms with Crippen molar-refractivity contribution in [2.24, 2.45) is 5.73 Å². The van der Waals surface area contributed by atoms with Gasteiger partial charge < -0.3 is 11.1 Å². The third-order valence-electron chi connectivity index (χ3n) is 3.10. The molecule has 3 N–H and O–H groups in total. The summed E-state index contributed by atoms with van der Waals surface area (Å²) in [4.78, 5) is 14.0. The highest BCUT2D eigenvalue weighted by atomic mass is 16.2. The lowest BCUT2D eigenvalue weighted by atomic mass is 10.2. The van der Waals surface area contributed by atoms with E-state index in [-0.39, 0.29) is 11.9 Å². The van der Waals surface area contributed by atoms with E-state index in [2.05, 4.69) is 17.1 Å². The lowest BCUT2D eigenvalue weighted by Crippen LogP contribution is -2.43. The maximum atomic E-state index is 11.5. The van der Waals surface area contributed by atoms with Crippen LogP contribution in [0.4, 0.5) is 0 Å². The highest BCUT2D eigenvalue weighted by molar-refractivity contribution is 5.81. The Morgan fingerprint density at radius 2 is 2.19 bits per heavy atom. The molecule has 0 unspecified atom stereocenters. The zero-order valence-corrected chi connectivity index (χ0v) is 10.5. The Labute approximate surface area is 98.6 Å². The molecular weight excluding hydrogens is 202 g/mol. The maximum Gasteiger partial charge on any atom is 0.236 e. The first-order chi connectivity index (χ1) is 7.69. The average molecular weight is 227 g/mol. The van der Waals surface area contributed by atoms with Gasteiger partial charge in [0, 0.05) is 19.1 Å². The van der Waals surface area contributed by atoms with Crippen LogP contribution in [0, 0.1) is 0 Å². The molecule has 4 heteroatoms. The van der Waals surface area contributed by atoms with Crippen molar-refractivity contribution < 1.29 is 4.79 Å². The summed E-state index contributed by atoms with van der Waals surface area (Å²) in [7, 11) is 0. The van der Waals surface area contributed by atoms with Gasteiger partial charge in [0.05, 0.1) is 6.04 Å². The van der Waals surface area contributed by atoms with Crippen LogP contribution in [0.15, 0.2) is 0 Å². The van der Waals surface area contributed by atoms with Crippen LogP contribution in [0.5, 0.6) is 0 Å². The van der Waals surface area contributed by atoms with E-state index in [9.17, 15) is 4.79 Å². The van der Waals surface area contributed by atoms with Crippen molar-refractivity contribution in [1.29, 1.82) is 0 Å². The largest absolute Gasteiger partial charge is 0.353 e. The van der Waals surface area contributed by atoms with Crippen molar-refractivity contribution in [3.63, 3.8) is 0 Å². The zero-order valence-electron chi connectivity index (χ0n) is 10.5. The highest BCUT2D eigenvalue weighted by Crippen LogP contribution is 2.25. The van der Waals surface area contributed by atoms with E-state index < -0.39 is 0 Å².